The van der Waals surface area contributed by atoms with Crippen molar-refractivity contribution in [1.82, 2.24) is 10.2 Å². The fourth-order valence-corrected chi connectivity index (χ4v) is 3.94. The van der Waals surface area contributed by atoms with Gasteiger partial charge in [0.2, 0.25) is 0 Å². The Balaban J connectivity index is 1.75. The van der Waals surface area contributed by atoms with Crippen LogP contribution in [0.15, 0.2) is 30.5 Å². The van der Waals surface area contributed by atoms with Crippen LogP contribution in [0.3, 0.4) is 0 Å². The molecule has 1 unspecified atom stereocenters. The van der Waals surface area contributed by atoms with E-state index in [-0.39, 0.29) is 17.0 Å². The molecule has 1 aliphatic carbocycles. The van der Waals surface area contributed by atoms with Gasteiger partial charge < -0.3 is 10.2 Å². The maximum Gasteiger partial charge on any atom is 0.254 e. The summed E-state index contributed by atoms with van der Waals surface area (Å²) in [6.07, 6.45) is 7.62. The summed E-state index contributed by atoms with van der Waals surface area (Å²) in [4.78, 5) is 14.3. The Morgan fingerprint density at radius 2 is 2.05 bits per heavy atom. The maximum absolute atomic E-state index is 12.3. The molecule has 2 heterocycles. The average Bonchev–Trinajstić information content (AvgIpc) is 3.22. The number of nitrogens with zero attached hydrogens (tertiary/aromatic N) is 1. The molecule has 1 saturated carbocycles. The highest BCUT2D eigenvalue weighted by Gasteiger charge is 2.56. The Kier molecular flexibility index (Phi) is 2.40. The summed E-state index contributed by atoms with van der Waals surface area (Å²) in [7, 11) is 1.95. The van der Waals surface area contributed by atoms with Gasteiger partial charge in [-0.1, -0.05) is 18.2 Å². The number of benzene rings is 1. The number of hydrogen-bond donors (Lipinski definition) is 1. The van der Waals surface area contributed by atoms with Crippen LogP contribution in [-0.4, -0.2) is 23.4 Å². The molecule has 21 heavy (non-hydrogen) atoms. The van der Waals surface area contributed by atoms with Crippen molar-refractivity contribution < 1.29 is 4.79 Å². The van der Waals surface area contributed by atoms with Crippen molar-refractivity contribution in [1.29, 1.82) is 0 Å². The highest BCUT2D eigenvalue weighted by molar-refractivity contribution is 6.00. The summed E-state index contributed by atoms with van der Waals surface area (Å²) in [6.45, 7) is 4.47. The van der Waals surface area contributed by atoms with Crippen LogP contribution in [0, 0.1) is 0 Å². The Hall–Kier alpha value is -1.77. The third-order valence-electron chi connectivity index (χ3n) is 5.41. The maximum atomic E-state index is 12.3. The van der Waals surface area contributed by atoms with Gasteiger partial charge in [-0.05, 0) is 56.5 Å². The molecule has 2 aliphatic heterocycles. The van der Waals surface area contributed by atoms with Crippen molar-refractivity contribution in [2.45, 2.75) is 50.1 Å². The number of carbonyl (C=O) groups excluding carboxylic acids is 1. The second-order valence-corrected chi connectivity index (χ2v) is 7.40. The third kappa shape index (κ3) is 1.76. The highest BCUT2D eigenvalue weighted by atomic mass is 16.2. The molecule has 3 nitrogen and oxygen atoms in total. The first-order valence-corrected chi connectivity index (χ1v) is 7.80. The van der Waals surface area contributed by atoms with Crippen LogP contribution in [0.1, 0.15) is 60.5 Å². The first-order valence-electron chi connectivity index (χ1n) is 7.80. The van der Waals surface area contributed by atoms with Gasteiger partial charge in [-0.15, -0.1) is 0 Å². The van der Waals surface area contributed by atoms with Gasteiger partial charge >= 0.3 is 0 Å². The van der Waals surface area contributed by atoms with Crippen LogP contribution in [0.4, 0.5) is 0 Å². The summed E-state index contributed by atoms with van der Waals surface area (Å²) in [5.74, 6) is 0.624. The Morgan fingerprint density at radius 1 is 1.29 bits per heavy atom. The van der Waals surface area contributed by atoms with E-state index in [1.54, 1.807) is 0 Å². The second-order valence-electron chi connectivity index (χ2n) is 7.40. The summed E-state index contributed by atoms with van der Waals surface area (Å²) >= 11 is 0. The van der Waals surface area contributed by atoms with Crippen molar-refractivity contribution in [3.8, 4) is 0 Å². The molecule has 3 heteroatoms. The Labute approximate surface area is 126 Å². The predicted molar refractivity (Wildman–Crippen MR) is 83.2 cm³/mol. The zero-order chi connectivity index (χ0) is 14.8. The summed E-state index contributed by atoms with van der Waals surface area (Å²) in [6, 6.07) is 6.47. The molecule has 1 atom stereocenters. The minimum atomic E-state index is 0.0224. The van der Waals surface area contributed by atoms with Crippen LogP contribution >= 0.6 is 0 Å². The molecule has 1 N–H and O–H groups in total. The number of amides is 1. The molecule has 1 spiro atoms. The lowest BCUT2D eigenvalue weighted by Crippen LogP contribution is -2.39. The lowest BCUT2D eigenvalue weighted by molar-refractivity contribution is 0.0755. The first kappa shape index (κ1) is 12.9. The first-order chi connectivity index (χ1) is 9.93. The van der Waals surface area contributed by atoms with Gasteiger partial charge in [-0.3, -0.25) is 4.79 Å². The molecule has 4 rings (SSSR count). The molecular weight excluding hydrogens is 260 g/mol. The quantitative estimate of drug-likeness (QED) is 0.858. The molecule has 0 bridgehead atoms. The van der Waals surface area contributed by atoms with E-state index in [1.807, 2.05) is 18.0 Å². The van der Waals surface area contributed by atoms with Gasteiger partial charge in [0, 0.05) is 24.1 Å². The molecule has 1 fully saturated rings. The van der Waals surface area contributed by atoms with Gasteiger partial charge in [-0.2, -0.15) is 0 Å². The van der Waals surface area contributed by atoms with Gasteiger partial charge in [-0.25, -0.2) is 0 Å². The van der Waals surface area contributed by atoms with E-state index < -0.39 is 0 Å². The zero-order valence-corrected chi connectivity index (χ0v) is 12.9. The molecule has 1 aromatic carbocycles. The smallest absolute Gasteiger partial charge is 0.254 e. The van der Waals surface area contributed by atoms with E-state index in [9.17, 15) is 4.79 Å². The molecule has 0 radical (unpaired) electrons. The van der Waals surface area contributed by atoms with Crippen molar-refractivity contribution in [3.05, 3.63) is 47.2 Å². The second kappa shape index (κ2) is 3.90. The lowest BCUT2D eigenvalue weighted by atomic mass is 9.82. The normalized spacial score (nSPS) is 27.7. The van der Waals surface area contributed by atoms with Crippen LogP contribution in [-0.2, 0) is 5.54 Å². The number of rotatable bonds is 1. The van der Waals surface area contributed by atoms with Crippen molar-refractivity contribution in [2.24, 2.45) is 0 Å². The number of nitrogens with one attached hydrogen (secondary N) is 1. The van der Waals surface area contributed by atoms with Gasteiger partial charge in [0.15, 0.2) is 0 Å². The summed E-state index contributed by atoms with van der Waals surface area (Å²) < 4.78 is 0. The van der Waals surface area contributed by atoms with E-state index in [4.69, 9.17) is 0 Å². The molecule has 3 aliphatic rings. The van der Waals surface area contributed by atoms with Crippen LogP contribution < -0.4 is 5.32 Å². The van der Waals surface area contributed by atoms with Gasteiger partial charge in [0.25, 0.3) is 5.91 Å². The van der Waals surface area contributed by atoms with Crippen molar-refractivity contribution in [2.75, 3.05) is 7.05 Å². The minimum absolute atomic E-state index is 0.0224. The van der Waals surface area contributed by atoms with E-state index >= 15 is 0 Å². The fraction of sp³-hybridized carbons (Fsp3) is 0.500. The average molecular weight is 282 g/mol. The molecular formula is C18H22N2O. The molecule has 0 saturated heterocycles. The molecule has 1 amide bonds. The van der Waals surface area contributed by atoms with E-state index in [0.29, 0.717) is 5.92 Å². The Bertz CT molecular complexity index is 655. The Morgan fingerprint density at radius 3 is 2.71 bits per heavy atom. The van der Waals surface area contributed by atoms with Gasteiger partial charge in [0.05, 0.1) is 5.54 Å². The number of carbonyl (C=O) groups is 1. The summed E-state index contributed by atoms with van der Waals surface area (Å²) in [5, 5.41) is 3.41. The van der Waals surface area contributed by atoms with Crippen LogP contribution in [0.25, 0.3) is 0 Å². The molecule has 1 aromatic rings. The van der Waals surface area contributed by atoms with Gasteiger partial charge in [0.1, 0.15) is 0 Å². The lowest BCUT2D eigenvalue weighted by Gasteiger charge is -2.33. The van der Waals surface area contributed by atoms with Crippen LogP contribution in [0.5, 0.6) is 0 Å². The standard InChI is InChI=1S/C18H22N2O/c1-17(2)11-13(6-9-19-17)12-4-5-14-15(10-12)18(7-8-18)20(3)16(14)21/h4-6,9-10,13,19H,7-8,11H2,1-3H3. The number of hydrogen-bond acceptors (Lipinski definition) is 2. The van der Waals surface area contributed by atoms with Crippen LogP contribution in [0.2, 0.25) is 0 Å². The van der Waals surface area contributed by atoms with E-state index in [1.165, 1.54) is 11.1 Å². The molecule has 110 valence electrons. The fourth-order valence-electron chi connectivity index (χ4n) is 3.94. The number of fused-ring (bicyclic) bond motifs is 2. The predicted octanol–water partition coefficient (Wildman–Crippen LogP) is 3.13. The highest BCUT2D eigenvalue weighted by Crippen LogP contribution is 2.56. The third-order valence-corrected chi connectivity index (χ3v) is 5.41. The number of allylic oxidation sites excluding steroid dienone is 1. The minimum Gasteiger partial charge on any atom is -0.386 e. The monoisotopic (exact) mass is 282 g/mol. The zero-order valence-electron chi connectivity index (χ0n) is 12.9. The van der Waals surface area contributed by atoms with Crippen molar-refractivity contribution >= 4 is 5.91 Å². The largest absolute Gasteiger partial charge is 0.386 e. The van der Waals surface area contributed by atoms with E-state index in [2.05, 4.69) is 43.6 Å². The SMILES string of the molecule is CN1C(=O)c2ccc(C3C=CNC(C)(C)C3)cc2C12CC2. The van der Waals surface area contributed by atoms with Crippen molar-refractivity contribution in [3.63, 3.8) is 0 Å². The van der Waals surface area contributed by atoms with E-state index in [0.717, 1.165) is 24.8 Å². The summed E-state index contributed by atoms with van der Waals surface area (Å²) in [5.41, 5.74) is 3.67. The molecule has 0 aromatic heterocycles. The topological polar surface area (TPSA) is 32.3 Å².